The van der Waals surface area contributed by atoms with Crippen molar-refractivity contribution in [2.75, 3.05) is 13.2 Å². The van der Waals surface area contributed by atoms with Crippen molar-refractivity contribution >= 4 is 0 Å². The molecule has 0 amide bonds. The maximum absolute atomic E-state index is 6.00. The van der Waals surface area contributed by atoms with Crippen molar-refractivity contribution in [3.05, 3.63) is 0 Å². The first-order chi connectivity index (χ1) is 6.74. The molecule has 1 aliphatic heterocycles. The van der Waals surface area contributed by atoms with E-state index in [1.807, 2.05) is 13.8 Å². The molecule has 1 heterocycles. The Morgan fingerprint density at radius 2 is 2.36 bits per heavy atom. The summed E-state index contributed by atoms with van der Waals surface area (Å²) in [6.45, 7) is 5.72. The number of hydrogen-bond acceptors (Lipinski definition) is 3. The second-order valence-corrected chi connectivity index (χ2v) is 4.04. The summed E-state index contributed by atoms with van der Waals surface area (Å²) in [5.74, 6) is 0. The molecule has 1 fully saturated rings. The lowest BCUT2D eigenvalue weighted by Crippen LogP contribution is -2.35. The Kier molecular flexibility index (Phi) is 5.45. The molecule has 0 spiro atoms. The molecule has 3 heteroatoms. The van der Waals surface area contributed by atoms with Gasteiger partial charge in [0, 0.05) is 19.3 Å². The second kappa shape index (κ2) is 6.38. The predicted molar refractivity (Wildman–Crippen MR) is 57.3 cm³/mol. The van der Waals surface area contributed by atoms with E-state index in [1.54, 1.807) is 0 Å². The minimum atomic E-state index is 0.152. The Labute approximate surface area is 86.9 Å². The summed E-state index contributed by atoms with van der Waals surface area (Å²) >= 11 is 0. The van der Waals surface area contributed by atoms with Crippen LogP contribution in [0.5, 0.6) is 0 Å². The molecule has 84 valence electrons. The van der Waals surface area contributed by atoms with Gasteiger partial charge in [0.05, 0.1) is 12.2 Å². The van der Waals surface area contributed by atoms with Crippen LogP contribution in [-0.2, 0) is 9.47 Å². The first-order valence-corrected chi connectivity index (χ1v) is 5.72. The Hall–Kier alpha value is -0.120. The van der Waals surface area contributed by atoms with Crippen LogP contribution in [0.1, 0.15) is 39.5 Å². The minimum absolute atomic E-state index is 0.152. The Balaban J connectivity index is 2.09. The van der Waals surface area contributed by atoms with Crippen LogP contribution in [-0.4, -0.2) is 31.5 Å². The van der Waals surface area contributed by atoms with Crippen molar-refractivity contribution < 1.29 is 9.47 Å². The van der Waals surface area contributed by atoms with Gasteiger partial charge in [0.25, 0.3) is 0 Å². The zero-order valence-corrected chi connectivity index (χ0v) is 9.37. The van der Waals surface area contributed by atoms with Crippen LogP contribution in [0, 0.1) is 0 Å². The molecule has 3 unspecified atom stereocenters. The van der Waals surface area contributed by atoms with Crippen LogP contribution in [0.15, 0.2) is 0 Å². The fourth-order valence-corrected chi connectivity index (χ4v) is 1.87. The summed E-state index contributed by atoms with van der Waals surface area (Å²) in [7, 11) is 0. The molecule has 3 atom stereocenters. The molecule has 1 aliphatic rings. The van der Waals surface area contributed by atoms with Gasteiger partial charge in [0.1, 0.15) is 0 Å². The minimum Gasteiger partial charge on any atom is -0.378 e. The number of hydrogen-bond donors (Lipinski definition) is 1. The highest BCUT2D eigenvalue weighted by atomic mass is 16.5. The van der Waals surface area contributed by atoms with E-state index in [9.17, 15) is 0 Å². The lowest BCUT2D eigenvalue weighted by molar-refractivity contribution is 0.0471. The molecule has 0 aromatic heterocycles. The normalized spacial score (nSPS) is 26.4. The monoisotopic (exact) mass is 201 g/mol. The Morgan fingerprint density at radius 3 is 2.93 bits per heavy atom. The summed E-state index contributed by atoms with van der Waals surface area (Å²) in [4.78, 5) is 0. The van der Waals surface area contributed by atoms with Crippen LogP contribution in [0.2, 0.25) is 0 Å². The van der Waals surface area contributed by atoms with Gasteiger partial charge in [-0.15, -0.1) is 0 Å². The molecule has 0 bridgehead atoms. The molecule has 2 N–H and O–H groups in total. The number of nitrogens with two attached hydrogens (primary N) is 1. The highest BCUT2D eigenvalue weighted by Gasteiger charge is 2.19. The van der Waals surface area contributed by atoms with Crippen molar-refractivity contribution in [3.63, 3.8) is 0 Å². The second-order valence-electron chi connectivity index (χ2n) is 4.04. The zero-order chi connectivity index (χ0) is 10.4. The first-order valence-electron chi connectivity index (χ1n) is 5.72. The van der Waals surface area contributed by atoms with Gasteiger partial charge >= 0.3 is 0 Å². The fraction of sp³-hybridized carbons (Fsp3) is 1.00. The van der Waals surface area contributed by atoms with Crippen molar-refractivity contribution in [1.29, 1.82) is 0 Å². The van der Waals surface area contributed by atoms with Gasteiger partial charge in [-0.05, 0) is 39.5 Å². The highest BCUT2D eigenvalue weighted by molar-refractivity contribution is 4.73. The van der Waals surface area contributed by atoms with Crippen molar-refractivity contribution in [3.8, 4) is 0 Å². The third kappa shape index (κ3) is 3.95. The van der Waals surface area contributed by atoms with E-state index < -0.39 is 0 Å². The maximum Gasteiger partial charge on any atom is 0.0697 e. The van der Waals surface area contributed by atoms with Gasteiger partial charge in [-0.1, -0.05) is 0 Å². The van der Waals surface area contributed by atoms with E-state index in [4.69, 9.17) is 15.2 Å². The van der Waals surface area contributed by atoms with E-state index in [0.29, 0.717) is 6.10 Å². The topological polar surface area (TPSA) is 44.5 Å². The first kappa shape index (κ1) is 12.0. The molecular weight excluding hydrogens is 178 g/mol. The number of ether oxygens (including phenoxy) is 2. The number of rotatable bonds is 6. The molecule has 0 aliphatic carbocycles. The third-order valence-corrected chi connectivity index (χ3v) is 2.88. The summed E-state index contributed by atoms with van der Waals surface area (Å²) in [5.41, 5.74) is 6.00. The van der Waals surface area contributed by atoms with Gasteiger partial charge in [-0.2, -0.15) is 0 Å². The van der Waals surface area contributed by atoms with Gasteiger partial charge in [-0.3, -0.25) is 0 Å². The molecule has 1 rings (SSSR count). The smallest absolute Gasteiger partial charge is 0.0697 e. The van der Waals surface area contributed by atoms with Crippen molar-refractivity contribution in [1.82, 2.24) is 0 Å². The van der Waals surface area contributed by atoms with Gasteiger partial charge in [-0.25, -0.2) is 0 Å². The van der Waals surface area contributed by atoms with E-state index in [1.165, 1.54) is 12.8 Å². The molecular formula is C11H23NO2. The average Bonchev–Trinajstić information content (AvgIpc) is 2.67. The van der Waals surface area contributed by atoms with Gasteiger partial charge in [0.15, 0.2) is 0 Å². The van der Waals surface area contributed by atoms with E-state index in [0.717, 1.165) is 26.1 Å². The average molecular weight is 201 g/mol. The van der Waals surface area contributed by atoms with Crippen LogP contribution < -0.4 is 5.73 Å². The molecule has 0 saturated carbocycles. The zero-order valence-electron chi connectivity index (χ0n) is 9.37. The van der Waals surface area contributed by atoms with E-state index in [-0.39, 0.29) is 12.1 Å². The van der Waals surface area contributed by atoms with Crippen molar-refractivity contribution in [2.24, 2.45) is 5.73 Å². The maximum atomic E-state index is 6.00. The lowest BCUT2D eigenvalue weighted by atomic mass is 10.0. The van der Waals surface area contributed by atoms with Crippen LogP contribution in [0.25, 0.3) is 0 Å². The Bertz CT molecular complexity index is 146. The van der Waals surface area contributed by atoms with Gasteiger partial charge < -0.3 is 15.2 Å². The van der Waals surface area contributed by atoms with Gasteiger partial charge in [0.2, 0.25) is 0 Å². The lowest BCUT2D eigenvalue weighted by Gasteiger charge is -2.20. The molecule has 0 aromatic rings. The van der Waals surface area contributed by atoms with Crippen LogP contribution >= 0.6 is 0 Å². The predicted octanol–water partition coefficient (Wildman–Crippen LogP) is 1.70. The standard InChI is InChI=1S/C11H23NO2/c1-3-13-9(2)11(12)7-6-10-5-4-8-14-10/h9-11H,3-8,12H2,1-2H3. The molecule has 0 aromatic carbocycles. The molecule has 1 saturated heterocycles. The molecule has 0 radical (unpaired) electrons. The van der Waals surface area contributed by atoms with Crippen molar-refractivity contribution in [2.45, 2.75) is 57.8 Å². The summed E-state index contributed by atoms with van der Waals surface area (Å²) < 4.78 is 11.0. The van der Waals surface area contributed by atoms with E-state index >= 15 is 0 Å². The molecule has 14 heavy (non-hydrogen) atoms. The molecule has 3 nitrogen and oxygen atoms in total. The summed E-state index contributed by atoms with van der Waals surface area (Å²) in [5, 5.41) is 0. The van der Waals surface area contributed by atoms with Crippen LogP contribution in [0.4, 0.5) is 0 Å². The third-order valence-electron chi connectivity index (χ3n) is 2.88. The Morgan fingerprint density at radius 1 is 1.57 bits per heavy atom. The van der Waals surface area contributed by atoms with E-state index in [2.05, 4.69) is 0 Å². The summed E-state index contributed by atoms with van der Waals surface area (Å²) in [6.07, 6.45) is 5.12. The largest absolute Gasteiger partial charge is 0.378 e. The quantitative estimate of drug-likeness (QED) is 0.711. The fourth-order valence-electron chi connectivity index (χ4n) is 1.87. The summed E-state index contributed by atoms with van der Waals surface area (Å²) in [6, 6.07) is 0.152. The SMILES string of the molecule is CCOC(C)C(N)CCC1CCCO1. The highest BCUT2D eigenvalue weighted by Crippen LogP contribution is 2.18. The van der Waals surface area contributed by atoms with Crippen LogP contribution in [0.3, 0.4) is 0 Å².